The number of hydrogen-bond donors (Lipinski definition) is 4. The number of aliphatic hydroxyl groups excluding tert-OH is 1. The van der Waals surface area contributed by atoms with Gasteiger partial charge in [-0.05, 0) is 29.7 Å². The van der Waals surface area contributed by atoms with Crippen molar-refractivity contribution >= 4 is 23.4 Å². The maximum atomic E-state index is 13.0. The minimum absolute atomic E-state index is 0.0216. The number of anilines is 1. The molecule has 5 N–H and O–H groups in total. The fraction of sp³-hybridized carbons (Fsp3) is 0.423. The van der Waals surface area contributed by atoms with Crippen LogP contribution in [0.15, 0.2) is 54.6 Å². The molecule has 0 saturated carbocycles. The number of benzene rings is 2. The van der Waals surface area contributed by atoms with E-state index in [1.807, 2.05) is 67.5 Å². The van der Waals surface area contributed by atoms with E-state index in [2.05, 4.69) is 16.7 Å². The summed E-state index contributed by atoms with van der Waals surface area (Å²) >= 11 is 0. The Bertz CT molecular complexity index is 1010. The Morgan fingerprint density at radius 2 is 1.86 bits per heavy atom. The number of carbonyl (C=O) groups excluding carboxylic acids is 3. The van der Waals surface area contributed by atoms with Gasteiger partial charge in [-0.3, -0.25) is 14.4 Å². The summed E-state index contributed by atoms with van der Waals surface area (Å²) < 4.78 is 0. The molecule has 2 aromatic carbocycles. The third kappa shape index (κ3) is 7.80. The highest BCUT2D eigenvalue weighted by Gasteiger charge is 2.36. The van der Waals surface area contributed by atoms with Crippen LogP contribution in [0.5, 0.6) is 0 Å². The van der Waals surface area contributed by atoms with Crippen LogP contribution in [0.4, 0.5) is 5.69 Å². The number of likely N-dealkylation sites (tertiary alicyclic amines) is 1. The molecule has 0 aliphatic carbocycles. The minimum Gasteiger partial charge on any atom is -0.390 e. The Balaban J connectivity index is 1.62. The quantitative estimate of drug-likeness (QED) is 0.344. The molecule has 0 radical (unpaired) electrons. The second kappa shape index (κ2) is 12.3. The first-order valence-corrected chi connectivity index (χ1v) is 11.8. The van der Waals surface area contributed by atoms with Crippen LogP contribution in [0.25, 0.3) is 0 Å². The smallest absolute Gasteiger partial charge is 0.237 e. The van der Waals surface area contributed by atoms with E-state index in [4.69, 9.17) is 5.73 Å². The van der Waals surface area contributed by atoms with Gasteiger partial charge >= 0.3 is 0 Å². The molecule has 0 spiro atoms. The van der Waals surface area contributed by atoms with Gasteiger partial charge in [0.1, 0.15) is 0 Å². The number of carbonyl (C=O) groups is 3. The third-order valence-corrected chi connectivity index (χ3v) is 6.13. The van der Waals surface area contributed by atoms with Crippen molar-refractivity contribution in [3.8, 4) is 0 Å². The lowest BCUT2D eigenvalue weighted by molar-refractivity contribution is -0.132. The molecule has 1 aliphatic heterocycles. The molecule has 35 heavy (non-hydrogen) atoms. The molecule has 9 nitrogen and oxygen atoms in total. The molecule has 0 bridgehead atoms. The molecule has 0 aromatic heterocycles. The summed E-state index contributed by atoms with van der Waals surface area (Å²) in [5.74, 6) is -1.79. The van der Waals surface area contributed by atoms with Crippen LogP contribution in [-0.4, -0.2) is 73.6 Å². The monoisotopic (exact) mass is 481 g/mol. The van der Waals surface area contributed by atoms with Gasteiger partial charge in [-0.25, -0.2) is 0 Å². The summed E-state index contributed by atoms with van der Waals surface area (Å²) in [6, 6.07) is 17.2. The maximum absolute atomic E-state index is 13.0. The van der Waals surface area contributed by atoms with Crippen LogP contribution in [-0.2, 0) is 27.3 Å². The van der Waals surface area contributed by atoms with Crippen LogP contribution in [0.3, 0.4) is 0 Å². The van der Waals surface area contributed by atoms with Crippen molar-refractivity contribution in [2.45, 2.75) is 31.5 Å². The predicted octanol–water partition coefficient (Wildman–Crippen LogP) is 0.264. The van der Waals surface area contributed by atoms with Crippen molar-refractivity contribution in [2.24, 2.45) is 11.7 Å². The number of aliphatic hydroxyl groups is 1. The van der Waals surface area contributed by atoms with E-state index in [9.17, 15) is 19.5 Å². The molecule has 1 aliphatic rings. The standard InChI is InChI=1S/C26H35N5O4/c1-30(2)21-10-6-9-19(11-21)14-28-15-23(32)22(12-18-7-4-3-5-8-18)29-26(35)20-13-25(34)31(16-20)17-24(27)33/h3-11,20,22-23,28,32H,12-17H2,1-2H3,(H2,27,33)(H,29,35)/t20?,22-,23+/m0/s1. The summed E-state index contributed by atoms with van der Waals surface area (Å²) in [7, 11) is 3.97. The van der Waals surface area contributed by atoms with Gasteiger partial charge in [0, 0.05) is 45.8 Å². The normalized spacial score (nSPS) is 17.2. The van der Waals surface area contributed by atoms with Gasteiger partial charge in [0.25, 0.3) is 0 Å². The Morgan fingerprint density at radius 1 is 1.14 bits per heavy atom. The van der Waals surface area contributed by atoms with Gasteiger partial charge in [0.2, 0.25) is 17.7 Å². The molecular formula is C26H35N5O4. The first-order chi connectivity index (χ1) is 16.7. The van der Waals surface area contributed by atoms with Crippen LogP contribution in [0, 0.1) is 5.92 Å². The van der Waals surface area contributed by atoms with Gasteiger partial charge in [-0.2, -0.15) is 0 Å². The van der Waals surface area contributed by atoms with E-state index in [0.717, 1.165) is 16.8 Å². The highest BCUT2D eigenvalue weighted by atomic mass is 16.3. The summed E-state index contributed by atoms with van der Waals surface area (Å²) in [6.45, 7) is 0.797. The number of nitrogens with two attached hydrogens (primary N) is 1. The molecule has 188 valence electrons. The molecule has 2 aromatic rings. The molecular weight excluding hydrogens is 446 g/mol. The van der Waals surface area contributed by atoms with Gasteiger partial charge in [-0.1, -0.05) is 42.5 Å². The molecule has 1 fully saturated rings. The molecule has 1 heterocycles. The number of nitrogens with one attached hydrogen (secondary N) is 2. The lowest BCUT2D eigenvalue weighted by Crippen LogP contribution is -2.50. The first-order valence-electron chi connectivity index (χ1n) is 11.8. The fourth-order valence-corrected chi connectivity index (χ4v) is 4.19. The lowest BCUT2D eigenvalue weighted by atomic mass is 9.99. The van der Waals surface area contributed by atoms with E-state index in [0.29, 0.717) is 13.0 Å². The Labute approximate surface area is 206 Å². The van der Waals surface area contributed by atoms with Crippen molar-refractivity contribution in [1.29, 1.82) is 0 Å². The highest BCUT2D eigenvalue weighted by Crippen LogP contribution is 2.19. The summed E-state index contributed by atoms with van der Waals surface area (Å²) in [5, 5.41) is 17.2. The average Bonchev–Trinajstić information content (AvgIpc) is 3.19. The predicted molar refractivity (Wildman–Crippen MR) is 134 cm³/mol. The Morgan fingerprint density at radius 3 is 2.54 bits per heavy atom. The van der Waals surface area contributed by atoms with Crippen LogP contribution in [0.1, 0.15) is 17.5 Å². The zero-order valence-corrected chi connectivity index (χ0v) is 20.3. The maximum Gasteiger partial charge on any atom is 0.237 e. The third-order valence-electron chi connectivity index (χ3n) is 6.13. The number of primary amides is 1. The van der Waals surface area contributed by atoms with E-state index in [-0.39, 0.29) is 37.9 Å². The zero-order valence-electron chi connectivity index (χ0n) is 20.3. The first kappa shape index (κ1) is 26.2. The lowest BCUT2D eigenvalue weighted by Gasteiger charge is -2.26. The van der Waals surface area contributed by atoms with Crippen molar-refractivity contribution in [2.75, 3.05) is 38.6 Å². The van der Waals surface area contributed by atoms with E-state index >= 15 is 0 Å². The Kier molecular flexibility index (Phi) is 9.22. The topological polar surface area (TPSA) is 128 Å². The fourth-order valence-electron chi connectivity index (χ4n) is 4.19. The number of amides is 3. The second-order valence-electron chi connectivity index (χ2n) is 9.21. The SMILES string of the molecule is CN(C)c1cccc(CNC[C@@H](O)[C@H](Cc2ccccc2)NC(=O)C2CC(=O)N(CC(N)=O)C2)c1. The van der Waals surface area contributed by atoms with Crippen LogP contribution >= 0.6 is 0 Å². The summed E-state index contributed by atoms with van der Waals surface area (Å²) in [5.41, 5.74) is 8.36. The largest absolute Gasteiger partial charge is 0.390 e. The average molecular weight is 482 g/mol. The van der Waals surface area contributed by atoms with Crippen molar-refractivity contribution in [3.05, 3.63) is 65.7 Å². The van der Waals surface area contributed by atoms with Gasteiger partial charge in [-0.15, -0.1) is 0 Å². The zero-order chi connectivity index (χ0) is 25.4. The molecule has 3 atom stereocenters. The van der Waals surface area contributed by atoms with Crippen molar-refractivity contribution in [3.63, 3.8) is 0 Å². The summed E-state index contributed by atoms with van der Waals surface area (Å²) in [4.78, 5) is 39.7. The molecule has 3 amide bonds. The Hall–Kier alpha value is -3.43. The van der Waals surface area contributed by atoms with Gasteiger partial charge in [0.15, 0.2) is 0 Å². The van der Waals surface area contributed by atoms with Gasteiger partial charge < -0.3 is 31.3 Å². The van der Waals surface area contributed by atoms with E-state index < -0.39 is 24.0 Å². The molecule has 1 saturated heterocycles. The van der Waals surface area contributed by atoms with Crippen molar-refractivity contribution in [1.82, 2.24) is 15.5 Å². The van der Waals surface area contributed by atoms with Crippen molar-refractivity contribution < 1.29 is 19.5 Å². The highest BCUT2D eigenvalue weighted by molar-refractivity contribution is 5.91. The number of nitrogens with zero attached hydrogens (tertiary/aromatic N) is 2. The molecule has 3 rings (SSSR count). The van der Waals surface area contributed by atoms with Gasteiger partial charge in [0.05, 0.1) is 24.6 Å². The second-order valence-corrected chi connectivity index (χ2v) is 9.21. The van der Waals surface area contributed by atoms with E-state index in [1.54, 1.807) is 0 Å². The molecule has 1 unspecified atom stereocenters. The molecule has 9 heteroatoms. The minimum atomic E-state index is -0.852. The number of rotatable bonds is 12. The summed E-state index contributed by atoms with van der Waals surface area (Å²) in [6.07, 6.45) is -0.389. The van der Waals surface area contributed by atoms with E-state index in [1.165, 1.54) is 4.90 Å². The van der Waals surface area contributed by atoms with Crippen LogP contribution in [0.2, 0.25) is 0 Å². The van der Waals surface area contributed by atoms with Crippen LogP contribution < -0.4 is 21.3 Å². The number of hydrogen-bond acceptors (Lipinski definition) is 6.